The van der Waals surface area contributed by atoms with Crippen molar-refractivity contribution in [1.29, 1.82) is 0 Å². The summed E-state index contributed by atoms with van der Waals surface area (Å²) in [4.78, 5) is 29.0. The molecule has 0 radical (unpaired) electrons. The third-order valence-corrected chi connectivity index (χ3v) is 3.91. The van der Waals surface area contributed by atoms with Gasteiger partial charge in [0.15, 0.2) is 0 Å². The van der Waals surface area contributed by atoms with E-state index in [-0.39, 0.29) is 17.0 Å². The number of H-pyrrole nitrogens is 1. The van der Waals surface area contributed by atoms with Crippen LogP contribution in [-0.2, 0) is 6.54 Å². The maximum absolute atomic E-state index is 12.3. The molecule has 2 aromatic heterocycles. The van der Waals surface area contributed by atoms with Crippen molar-refractivity contribution in [1.82, 2.24) is 9.88 Å². The molecule has 0 unspecified atom stereocenters. The Kier molecular flexibility index (Phi) is 4.39. The van der Waals surface area contributed by atoms with E-state index in [2.05, 4.69) is 4.98 Å². The van der Waals surface area contributed by atoms with Crippen molar-refractivity contribution in [2.24, 2.45) is 0 Å². The minimum atomic E-state index is -0.366. The summed E-state index contributed by atoms with van der Waals surface area (Å²) in [5.74, 6) is -0.270. The lowest BCUT2D eigenvalue weighted by Crippen LogP contribution is -2.33. The number of pyridine rings is 1. The van der Waals surface area contributed by atoms with Crippen LogP contribution in [0.5, 0.6) is 0 Å². The minimum absolute atomic E-state index is 0.159. The summed E-state index contributed by atoms with van der Waals surface area (Å²) in [5, 5.41) is 0. The Labute approximate surface area is 119 Å². The fourth-order valence-electron chi connectivity index (χ4n) is 1.71. The van der Waals surface area contributed by atoms with E-state index in [4.69, 9.17) is 11.6 Å². The number of halogens is 1. The van der Waals surface area contributed by atoms with Crippen LogP contribution in [0.2, 0.25) is 4.34 Å². The summed E-state index contributed by atoms with van der Waals surface area (Å²) in [5.41, 5.74) is -0.206. The van der Waals surface area contributed by atoms with E-state index in [9.17, 15) is 9.59 Å². The zero-order chi connectivity index (χ0) is 13.8. The molecule has 19 heavy (non-hydrogen) atoms. The molecule has 2 aromatic rings. The van der Waals surface area contributed by atoms with Crippen molar-refractivity contribution in [2.75, 3.05) is 6.54 Å². The number of aromatic amines is 1. The molecule has 0 saturated carbocycles. The number of aromatic nitrogens is 1. The monoisotopic (exact) mass is 296 g/mol. The van der Waals surface area contributed by atoms with Crippen molar-refractivity contribution in [2.45, 2.75) is 13.5 Å². The smallest absolute Gasteiger partial charge is 0.260 e. The van der Waals surface area contributed by atoms with E-state index in [1.807, 2.05) is 13.0 Å². The highest BCUT2D eigenvalue weighted by molar-refractivity contribution is 7.16. The number of thiophene rings is 1. The van der Waals surface area contributed by atoms with Crippen LogP contribution in [0.25, 0.3) is 0 Å². The predicted molar refractivity (Wildman–Crippen MR) is 76.8 cm³/mol. The largest absolute Gasteiger partial charge is 0.334 e. The number of rotatable bonds is 4. The molecule has 0 aromatic carbocycles. The number of nitrogens with one attached hydrogen (secondary N) is 1. The van der Waals surface area contributed by atoms with Crippen LogP contribution in [0.15, 0.2) is 35.3 Å². The van der Waals surface area contributed by atoms with Gasteiger partial charge in [-0.1, -0.05) is 11.6 Å². The fraction of sp³-hybridized carbons (Fsp3) is 0.231. The molecular formula is C13H13ClN2O2S. The highest BCUT2D eigenvalue weighted by Crippen LogP contribution is 2.23. The van der Waals surface area contributed by atoms with Crippen molar-refractivity contribution < 1.29 is 4.79 Å². The lowest BCUT2D eigenvalue weighted by Gasteiger charge is -2.19. The van der Waals surface area contributed by atoms with Crippen molar-refractivity contribution in [3.05, 3.63) is 55.6 Å². The van der Waals surface area contributed by atoms with Gasteiger partial charge in [0.2, 0.25) is 0 Å². The quantitative estimate of drug-likeness (QED) is 0.943. The molecule has 100 valence electrons. The first-order valence-corrected chi connectivity index (χ1v) is 7.02. The first kappa shape index (κ1) is 13.8. The molecule has 0 aliphatic heterocycles. The molecule has 0 spiro atoms. The summed E-state index contributed by atoms with van der Waals surface area (Å²) < 4.78 is 0.691. The van der Waals surface area contributed by atoms with Gasteiger partial charge < -0.3 is 9.88 Å². The van der Waals surface area contributed by atoms with Gasteiger partial charge in [-0.25, -0.2) is 0 Å². The highest BCUT2D eigenvalue weighted by Gasteiger charge is 2.17. The van der Waals surface area contributed by atoms with Gasteiger partial charge in [0.05, 0.1) is 10.9 Å². The molecule has 1 amide bonds. The first-order valence-electron chi connectivity index (χ1n) is 5.83. The molecule has 0 fully saturated rings. The van der Waals surface area contributed by atoms with Crippen molar-refractivity contribution in [3.63, 3.8) is 0 Å². The molecule has 0 atom stereocenters. The van der Waals surface area contributed by atoms with E-state index in [0.29, 0.717) is 17.4 Å². The first-order chi connectivity index (χ1) is 9.11. The molecule has 1 N–H and O–H groups in total. The lowest BCUT2D eigenvalue weighted by atomic mass is 10.2. The summed E-state index contributed by atoms with van der Waals surface area (Å²) >= 11 is 7.30. The Morgan fingerprint density at radius 1 is 1.42 bits per heavy atom. The van der Waals surface area contributed by atoms with Crippen molar-refractivity contribution in [3.8, 4) is 0 Å². The third kappa shape index (κ3) is 3.24. The molecular weight excluding hydrogens is 284 g/mol. The highest BCUT2D eigenvalue weighted by atomic mass is 35.5. The number of nitrogens with zero attached hydrogens (tertiary/aromatic N) is 1. The van der Waals surface area contributed by atoms with E-state index in [0.717, 1.165) is 4.88 Å². The van der Waals surface area contributed by atoms with Crippen LogP contribution in [0.3, 0.4) is 0 Å². The number of carbonyl (C=O) groups excluding carboxylic acids is 1. The summed E-state index contributed by atoms with van der Waals surface area (Å²) in [6, 6.07) is 6.86. The second kappa shape index (κ2) is 6.04. The van der Waals surface area contributed by atoms with Crippen LogP contribution in [0.1, 0.15) is 22.2 Å². The van der Waals surface area contributed by atoms with E-state index in [1.165, 1.54) is 23.6 Å². The SMILES string of the molecule is CCN(Cc1ccc(Cl)s1)C(=O)c1ccc[nH]c1=O. The Balaban J connectivity index is 2.20. The zero-order valence-electron chi connectivity index (χ0n) is 10.4. The predicted octanol–water partition coefficient (Wildman–Crippen LogP) is 2.75. The average Bonchev–Trinajstić information content (AvgIpc) is 2.81. The normalized spacial score (nSPS) is 10.4. The Morgan fingerprint density at radius 3 is 2.79 bits per heavy atom. The Hall–Kier alpha value is -1.59. The molecule has 0 saturated heterocycles. The number of hydrogen-bond donors (Lipinski definition) is 1. The maximum atomic E-state index is 12.3. The molecule has 0 aliphatic rings. The Morgan fingerprint density at radius 2 is 2.21 bits per heavy atom. The second-order valence-electron chi connectivity index (χ2n) is 3.94. The summed E-state index contributed by atoms with van der Waals surface area (Å²) in [6.07, 6.45) is 1.51. The summed E-state index contributed by atoms with van der Waals surface area (Å²) in [6.45, 7) is 2.87. The van der Waals surface area contributed by atoms with Gasteiger partial charge in [0.1, 0.15) is 5.56 Å². The minimum Gasteiger partial charge on any atom is -0.334 e. The number of carbonyl (C=O) groups is 1. The molecule has 2 rings (SSSR count). The van der Waals surface area contributed by atoms with Crippen LogP contribution >= 0.6 is 22.9 Å². The van der Waals surface area contributed by atoms with Gasteiger partial charge >= 0.3 is 0 Å². The van der Waals surface area contributed by atoms with Crippen LogP contribution in [0, 0.1) is 0 Å². The van der Waals surface area contributed by atoms with E-state index < -0.39 is 0 Å². The zero-order valence-corrected chi connectivity index (χ0v) is 11.9. The third-order valence-electron chi connectivity index (χ3n) is 2.69. The standard InChI is InChI=1S/C13H13ClN2O2S/c1-2-16(8-9-5-6-11(14)19-9)13(18)10-4-3-7-15-12(10)17/h3-7H,2,8H2,1H3,(H,15,17). The topological polar surface area (TPSA) is 53.2 Å². The second-order valence-corrected chi connectivity index (χ2v) is 5.74. The molecule has 2 heterocycles. The fourth-order valence-corrected chi connectivity index (χ4v) is 2.82. The van der Waals surface area contributed by atoms with E-state index >= 15 is 0 Å². The van der Waals surface area contributed by atoms with Crippen LogP contribution < -0.4 is 5.56 Å². The lowest BCUT2D eigenvalue weighted by molar-refractivity contribution is 0.0752. The van der Waals surface area contributed by atoms with Crippen molar-refractivity contribution >= 4 is 28.8 Å². The van der Waals surface area contributed by atoms with Gasteiger partial charge in [-0.05, 0) is 31.2 Å². The number of amides is 1. The van der Waals surface area contributed by atoms with Gasteiger partial charge in [0, 0.05) is 17.6 Å². The maximum Gasteiger partial charge on any atom is 0.260 e. The average molecular weight is 297 g/mol. The molecule has 0 aliphatic carbocycles. The van der Waals surface area contributed by atoms with Gasteiger partial charge in [0.25, 0.3) is 11.5 Å². The summed E-state index contributed by atoms with van der Waals surface area (Å²) in [7, 11) is 0. The number of hydrogen-bond acceptors (Lipinski definition) is 3. The molecule has 4 nitrogen and oxygen atoms in total. The molecule has 6 heteroatoms. The van der Waals surface area contributed by atoms with E-state index in [1.54, 1.807) is 17.0 Å². The van der Waals surface area contributed by atoms with Crippen LogP contribution in [0.4, 0.5) is 0 Å². The van der Waals surface area contributed by atoms with Crippen LogP contribution in [-0.4, -0.2) is 22.3 Å². The molecule has 0 bridgehead atoms. The van der Waals surface area contributed by atoms with Gasteiger partial charge in [-0.3, -0.25) is 9.59 Å². The Bertz CT molecular complexity index is 635. The van der Waals surface area contributed by atoms with Gasteiger partial charge in [-0.15, -0.1) is 11.3 Å². The van der Waals surface area contributed by atoms with Gasteiger partial charge in [-0.2, -0.15) is 0 Å².